The molecule has 1 amide bonds. The maximum absolute atomic E-state index is 12.4. The van der Waals surface area contributed by atoms with Crippen molar-refractivity contribution in [3.63, 3.8) is 0 Å². The quantitative estimate of drug-likeness (QED) is 0.243. The first-order valence-corrected chi connectivity index (χ1v) is 10.5. The number of hydrogen-bond donors (Lipinski definition) is 2. The van der Waals surface area contributed by atoms with Crippen molar-refractivity contribution in [2.45, 2.75) is 10.9 Å². The standard InChI is InChI=1S/C18H13N5O6S2/c24-15-7-14(22(17(26)21-15)8-11-2-1-5-29-11)20-16(25)9-30-18-19-12-6-10(23(27)28)3-4-13(12)31-18/h1-7H,8-9H2,(H,20,25)(H,21,24,26). The fourth-order valence-corrected chi connectivity index (χ4v) is 4.56. The molecule has 1 aromatic carbocycles. The van der Waals surface area contributed by atoms with E-state index in [1.54, 1.807) is 18.2 Å². The number of carbonyl (C=O) groups excluding carboxylic acids is 1. The third-order valence-electron chi connectivity index (χ3n) is 4.08. The number of anilines is 1. The summed E-state index contributed by atoms with van der Waals surface area (Å²) >= 11 is 2.44. The van der Waals surface area contributed by atoms with Gasteiger partial charge in [0.25, 0.3) is 11.2 Å². The van der Waals surface area contributed by atoms with Gasteiger partial charge in [-0.15, -0.1) is 11.3 Å². The molecule has 0 aliphatic heterocycles. The number of thioether (sulfide) groups is 1. The van der Waals surface area contributed by atoms with E-state index in [0.29, 0.717) is 15.6 Å². The van der Waals surface area contributed by atoms with Gasteiger partial charge < -0.3 is 9.73 Å². The highest BCUT2D eigenvalue weighted by atomic mass is 32.2. The lowest BCUT2D eigenvalue weighted by atomic mass is 10.3. The van der Waals surface area contributed by atoms with Crippen LogP contribution in [0.2, 0.25) is 0 Å². The third kappa shape index (κ3) is 4.73. The summed E-state index contributed by atoms with van der Waals surface area (Å²) < 4.78 is 7.72. The lowest BCUT2D eigenvalue weighted by molar-refractivity contribution is -0.384. The third-order valence-corrected chi connectivity index (χ3v) is 6.26. The van der Waals surface area contributed by atoms with Crippen LogP contribution in [0.4, 0.5) is 11.5 Å². The molecule has 13 heteroatoms. The summed E-state index contributed by atoms with van der Waals surface area (Å²) in [6.07, 6.45) is 1.45. The summed E-state index contributed by atoms with van der Waals surface area (Å²) in [4.78, 5) is 53.1. The zero-order valence-electron chi connectivity index (χ0n) is 15.6. The number of nitrogens with one attached hydrogen (secondary N) is 2. The zero-order valence-corrected chi connectivity index (χ0v) is 17.2. The molecule has 31 heavy (non-hydrogen) atoms. The number of nitro groups is 1. The molecule has 0 saturated heterocycles. The smallest absolute Gasteiger partial charge is 0.330 e. The summed E-state index contributed by atoms with van der Waals surface area (Å²) in [5.41, 5.74) is -0.907. The number of rotatable bonds is 7. The number of aromatic amines is 1. The number of amides is 1. The molecular formula is C18H13N5O6S2. The van der Waals surface area contributed by atoms with E-state index in [4.69, 9.17) is 4.42 Å². The van der Waals surface area contributed by atoms with Gasteiger partial charge in [0.1, 0.15) is 11.6 Å². The van der Waals surface area contributed by atoms with Crippen LogP contribution in [0.5, 0.6) is 0 Å². The minimum Gasteiger partial charge on any atom is -0.467 e. The van der Waals surface area contributed by atoms with Gasteiger partial charge in [-0.2, -0.15) is 0 Å². The van der Waals surface area contributed by atoms with Crippen LogP contribution in [0, 0.1) is 10.1 Å². The number of hydrogen-bond acceptors (Lipinski definition) is 9. The van der Waals surface area contributed by atoms with Crippen molar-refractivity contribution in [3.8, 4) is 0 Å². The number of nitrogens with zero attached hydrogens (tertiary/aromatic N) is 3. The van der Waals surface area contributed by atoms with Crippen LogP contribution in [0.3, 0.4) is 0 Å². The fraction of sp³-hybridized carbons (Fsp3) is 0.111. The first-order valence-electron chi connectivity index (χ1n) is 8.73. The Morgan fingerprint density at radius 3 is 2.90 bits per heavy atom. The largest absolute Gasteiger partial charge is 0.467 e. The Kier molecular flexibility index (Phi) is 5.68. The van der Waals surface area contributed by atoms with Gasteiger partial charge >= 0.3 is 5.69 Å². The Bertz CT molecular complexity index is 1390. The Balaban J connectivity index is 1.48. The second kappa shape index (κ2) is 8.57. The molecule has 0 aliphatic carbocycles. The molecular weight excluding hydrogens is 446 g/mol. The topological polar surface area (TPSA) is 153 Å². The summed E-state index contributed by atoms with van der Waals surface area (Å²) in [6, 6.07) is 8.82. The lowest BCUT2D eigenvalue weighted by Gasteiger charge is -2.11. The average Bonchev–Trinajstić information content (AvgIpc) is 3.37. The molecule has 0 atom stereocenters. The number of H-pyrrole nitrogens is 1. The summed E-state index contributed by atoms with van der Waals surface area (Å²) in [6.45, 7) is 0.0298. The fourth-order valence-electron chi connectivity index (χ4n) is 2.72. The second-order valence-corrected chi connectivity index (χ2v) is 8.47. The number of fused-ring (bicyclic) bond motifs is 1. The van der Waals surface area contributed by atoms with Gasteiger partial charge in [0.05, 0.1) is 33.7 Å². The van der Waals surface area contributed by atoms with Crippen molar-refractivity contribution in [1.29, 1.82) is 0 Å². The van der Waals surface area contributed by atoms with Crippen LogP contribution < -0.4 is 16.6 Å². The number of thiazole rings is 1. The van der Waals surface area contributed by atoms with Crippen LogP contribution in [-0.2, 0) is 11.3 Å². The molecule has 0 spiro atoms. The highest BCUT2D eigenvalue weighted by Gasteiger charge is 2.14. The van der Waals surface area contributed by atoms with E-state index < -0.39 is 22.1 Å². The Morgan fingerprint density at radius 2 is 2.16 bits per heavy atom. The maximum atomic E-state index is 12.4. The molecule has 3 aromatic heterocycles. The number of aromatic nitrogens is 3. The Morgan fingerprint density at radius 1 is 1.32 bits per heavy atom. The SMILES string of the molecule is O=C(CSc1nc2cc([N+](=O)[O-])ccc2s1)Nc1cc(=O)[nH]c(=O)n1Cc1ccco1. The van der Waals surface area contributed by atoms with E-state index in [1.165, 1.54) is 34.3 Å². The van der Waals surface area contributed by atoms with E-state index in [2.05, 4.69) is 15.3 Å². The van der Waals surface area contributed by atoms with Crippen molar-refractivity contribution >= 4 is 50.7 Å². The lowest BCUT2D eigenvalue weighted by Crippen LogP contribution is -2.33. The van der Waals surface area contributed by atoms with Crippen molar-refractivity contribution in [2.75, 3.05) is 11.1 Å². The van der Waals surface area contributed by atoms with E-state index in [1.807, 2.05) is 0 Å². The van der Waals surface area contributed by atoms with Gasteiger partial charge in [-0.1, -0.05) is 11.8 Å². The van der Waals surface area contributed by atoms with E-state index in [9.17, 15) is 24.5 Å². The second-order valence-electron chi connectivity index (χ2n) is 6.22. The van der Waals surface area contributed by atoms with Crippen LogP contribution in [0.1, 0.15) is 5.76 Å². The molecule has 0 radical (unpaired) electrons. The van der Waals surface area contributed by atoms with Gasteiger partial charge in [0.15, 0.2) is 4.34 Å². The van der Waals surface area contributed by atoms with Crippen LogP contribution >= 0.6 is 23.1 Å². The Labute approximate surface area is 180 Å². The average molecular weight is 459 g/mol. The molecule has 0 aliphatic rings. The van der Waals surface area contributed by atoms with Gasteiger partial charge in [-0.25, -0.2) is 9.78 Å². The van der Waals surface area contributed by atoms with Crippen LogP contribution in [0.25, 0.3) is 10.2 Å². The number of nitro benzene ring substituents is 1. The molecule has 4 aromatic rings. The van der Waals surface area contributed by atoms with Crippen LogP contribution in [0.15, 0.2) is 61.0 Å². The monoisotopic (exact) mass is 459 g/mol. The van der Waals surface area contributed by atoms with Crippen molar-refractivity contribution in [3.05, 3.63) is 79.4 Å². The predicted molar refractivity (Wildman–Crippen MR) is 115 cm³/mol. The highest BCUT2D eigenvalue weighted by molar-refractivity contribution is 8.01. The minimum absolute atomic E-state index is 0.0298. The first-order chi connectivity index (χ1) is 14.9. The van der Waals surface area contributed by atoms with Gasteiger partial charge in [0.2, 0.25) is 5.91 Å². The van der Waals surface area contributed by atoms with Gasteiger partial charge in [0, 0.05) is 18.2 Å². The number of carbonyl (C=O) groups is 1. The number of benzene rings is 1. The molecule has 4 rings (SSSR count). The molecule has 0 bridgehead atoms. The van der Waals surface area contributed by atoms with E-state index in [0.717, 1.165) is 22.5 Å². The van der Waals surface area contributed by atoms with Gasteiger partial charge in [-0.05, 0) is 18.2 Å². The van der Waals surface area contributed by atoms with E-state index >= 15 is 0 Å². The van der Waals surface area contributed by atoms with Gasteiger partial charge in [-0.3, -0.25) is 29.3 Å². The van der Waals surface area contributed by atoms with Crippen molar-refractivity contribution in [1.82, 2.24) is 14.5 Å². The minimum atomic E-state index is -0.681. The van der Waals surface area contributed by atoms with E-state index in [-0.39, 0.29) is 23.8 Å². The number of furan rings is 1. The highest BCUT2D eigenvalue weighted by Crippen LogP contribution is 2.31. The van der Waals surface area contributed by atoms with Crippen molar-refractivity contribution < 1.29 is 14.1 Å². The first kappa shape index (κ1) is 20.6. The molecule has 158 valence electrons. The molecule has 0 unspecified atom stereocenters. The predicted octanol–water partition coefficient (Wildman–Crippen LogP) is 2.43. The molecule has 11 nitrogen and oxygen atoms in total. The summed E-state index contributed by atoms with van der Waals surface area (Å²) in [5, 5.41) is 13.4. The Hall–Kier alpha value is -3.71. The molecule has 0 saturated carbocycles. The van der Waals surface area contributed by atoms with Crippen molar-refractivity contribution in [2.24, 2.45) is 0 Å². The maximum Gasteiger partial charge on any atom is 0.330 e. The molecule has 2 N–H and O–H groups in total. The normalized spacial score (nSPS) is 11.0. The zero-order chi connectivity index (χ0) is 22.0. The summed E-state index contributed by atoms with van der Waals surface area (Å²) in [5.74, 6) is 0.0237. The molecule has 3 heterocycles. The van der Waals surface area contributed by atoms with Crippen LogP contribution in [-0.4, -0.2) is 31.1 Å². The number of non-ortho nitro benzene ring substituents is 1. The molecule has 0 fully saturated rings. The summed E-state index contributed by atoms with van der Waals surface area (Å²) in [7, 11) is 0.